The number of nitrogens with zero attached hydrogens (tertiary/aromatic N) is 3. The van der Waals surface area contributed by atoms with Gasteiger partial charge < -0.3 is 19.5 Å². The highest BCUT2D eigenvalue weighted by atomic mass is 32.2. The number of benzene rings is 2. The van der Waals surface area contributed by atoms with Crippen LogP contribution in [0, 0.1) is 0 Å². The molecule has 2 heterocycles. The van der Waals surface area contributed by atoms with Gasteiger partial charge >= 0.3 is 0 Å². The molecule has 0 aliphatic carbocycles. The molecule has 1 aromatic heterocycles. The summed E-state index contributed by atoms with van der Waals surface area (Å²) in [7, 11) is 1.67. The SMILES string of the molecule is CCCCN1C(=S)NC(c2cccc(OC)c2)C(c2nc(-c3ccc(SC)cc3)no2)=C1C. The Kier molecular flexibility index (Phi) is 7.35. The Bertz CT molecular complexity index is 1160. The predicted octanol–water partition coefficient (Wildman–Crippen LogP) is 5.93. The van der Waals surface area contributed by atoms with Crippen LogP contribution in [-0.4, -0.2) is 40.1 Å². The number of unbranched alkanes of at least 4 members (excludes halogenated alkanes) is 1. The summed E-state index contributed by atoms with van der Waals surface area (Å²) < 4.78 is 11.3. The Morgan fingerprint density at radius 2 is 2.00 bits per heavy atom. The van der Waals surface area contributed by atoms with Crippen molar-refractivity contribution >= 4 is 34.7 Å². The van der Waals surface area contributed by atoms with E-state index < -0.39 is 0 Å². The number of thioether (sulfide) groups is 1. The van der Waals surface area contributed by atoms with Crippen LogP contribution in [0.2, 0.25) is 0 Å². The first-order valence-electron chi connectivity index (χ1n) is 11.0. The van der Waals surface area contributed by atoms with Crippen molar-refractivity contribution in [2.24, 2.45) is 0 Å². The summed E-state index contributed by atoms with van der Waals surface area (Å²) in [6.07, 6.45) is 4.17. The second kappa shape index (κ2) is 10.4. The predicted molar refractivity (Wildman–Crippen MR) is 137 cm³/mol. The number of methoxy groups -OCH3 is 1. The fourth-order valence-electron chi connectivity index (χ4n) is 3.91. The van der Waals surface area contributed by atoms with Gasteiger partial charge in [-0.3, -0.25) is 0 Å². The summed E-state index contributed by atoms with van der Waals surface area (Å²) >= 11 is 7.45. The lowest BCUT2D eigenvalue weighted by Gasteiger charge is -2.37. The van der Waals surface area contributed by atoms with Crippen LogP contribution in [0.5, 0.6) is 5.75 Å². The molecule has 1 atom stereocenters. The Hall–Kier alpha value is -2.84. The molecule has 0 fully saturated rings. The first kappa shape index (κ1) is 23.3. The monoisotopic (exact) mass is 480 g/mol. The summed E-state index contributed by atoms with van der Waals surface area (Å²) in [6, 6.07) is 15.9. The van der Waals surface area contributed by atoms with Crippen molar-refractivity contribution < 1.29 is 9.26 Å². The summed E-state index contributed by atoms with van der Waals surface area (Å²) in [5, 5.41) is 8.49. The fraction of sp³-hybridized carbons (Fsp3) is 0.320. The lowest BCUT2D eigenvalue weighted by atomic mass is 9.94. The molecule has 4 rings (SSSR count). The van der Waals surface area contributed by atoms with E-state index in [0.717, 1.165) is 47.5 Å². The number of thiocarbonyl (C=S) groups is 1. The number of hydrogen-bond acceptors (Lipinski definition) is 6. The van der Waals surface area contributed by atoms with Gasteiger partial charge in [0.05, 0.1) is 18.7 Å². The van der Waals surface area contributed by atoms with Crippen molar-refractivity contribution in [2.75, 3.05) is 19.9 Å². The van der Waals surface area contributed by atoms with Crippen molar-refractivity contribution in [2.45, 2.75) is 37.6 Å². The third-order valence-corrected chi connectivity index (χ3v) is 6.85. The van der Waals surface area contributed by atoms with Gasteiger partial charge in [-0.1, -0.05) is 30.6 Å². The number of rotatable bonds is 8. The molecule has 8 heteroatoms. The van der Waals surface area contributed by atoms with Gasteiger partial charge in [-0.2, -0.15) is 4.98 Å². The minimum atomic E-state index is -0.224. The van der Waals surface area contributed by atoms with E-state index in [2.05, 4.69) is 53.7 Å². The number of aromatic nitrogens is 2. The number of nitrogens with one attached hydrogen (secondary N) is 1. The van der Waals surface area contributed by atoms with Gasteiger partial charge in [0.1, 0.15) is 5.75 Å². The van der Waals surface area contributed by atoms with E-state index in [-0.39, 0.29) is 6.04 Å². The zero-order valence-corrected chi connectivity index (χ0v) is 20.9. The van der Waals surface area contributed by atoms with E-state index in [9.17, 15) is 0 Å². The molecule has 0 spiro atoms. The fourth-order valence-corrected chi connectivity index (χ4v) is 4.66. The minimum Gasteiger partial charge on any atom is -0.497 e. The van der Waals surface area contributed by atoms with Crippen LogP contribution < -0.4 is 10.1 Å². The van der Waals surface area contributed by atoms with Gasteiger partial charge in [-0.25, -0.2) is 0 Å². The van der Waals surface area contributed by atoms with Gasteiger partial charge in [0.15, 0.2) is 5.11 Å². The Morgan fingerprint density at radius 1 is 1.21 bits per heavy atom. The quantitative estimate of drug-likeness (QED) is 0.314. The smallest absolute Gasteiger partial charge is 0.258 e. The van der Waals surface area contributed by atoms with Crippen LogP contribution in [0.3, 0.4) is 0 Å². The molecular weight excluding hydrogens is 452 g/mol. The highest BCUT2D eigenvalue weighted by Crippen LogP contribution is 2.38. The highest BCUT2D eigenvalue weighted by Gasteiger charge is 2.34. The third kappa shape index (κ3) is 4.91. The van der Waals surface area contributed by atoms with Gasteiger partial charge in [0, 0.05) is 22.7 Å². The average Bonchev–Trinajstić information content (AvgIpc) is 3.33. The van der Waals surface area contributed by atoms with Crippen LogP contribution in [0.25, 0.3) is 17.0 Å². The number of ether oxygens (including phenoxy) is 1. The molecule has 0 saturated heterocycles. The molecule has 0 radical (unpaired) electrons. The van der Waals surface area contributed by atoms with Gasteiger partial charge in [0.25, 0.3) is 5.89 Å². The van der Waals surface area contributed by atoms with E-state index in [1.165, 1.54) is 4.90 Å². The maximum absolute atomic E-state index is 5.82. The molecule has 33 heavy (non-hydrogen) atoms. The number of hydrogen-bond donors (Lipinski definition) is 1. The molecule has 1 N–H and O–H groups in total. The molecule has 2 aromatic carbocycles. The largest absolute Gasteiger partial charge is 0.497 e. The Morgan fingerprint density at radius 3 is 2.70 bits per heavy atom. The first-order chi connectivity index (χ1) is 16.0. The van der Waals surface area contributed by atoms with Crippen LogP contribution in [0.15, 0.2) is 63.6 Å². The minimum absolute atomic E-state index is 0.224. The van der Waals surface area contributed by atoms with Crippen molar-refractivity contribution in [1.82, 2.24) is 20.4 Å². The standard InChI is InChI=1S/C25H28N4O2S2/c1-5-6-14-29-16(2)21(22(26-25(29)32)18-8-7-9-19(15-18)30-3)24-27-23(28-31-24)17-10-12-20(33-4)13-11-17/h7-13,15,22H,5-6,14H2,1-4H3,(H,26,32). The van der Waals surface area contributed by atoms with Crippen molar-refractivity contribution in [3.8, 4) is 17.1 Å². The molecule has 172 valence electrons. The second-order valence-electron chi connectivity index (χ2n) is 7.82. The topological polar surface area (TPSA) is 63.4 Å². The van der Waals surface area contributed by atoms with Crippen LogP contribution in [-0.2, 0) is 0 Å². The number of allylic oxidation sites excluding steroid dienone is 1. The Labute approximate surface area is 204 Å². The molecule has 0 bridgehead atoms. The van der Waals surface area contributed by atoms with Crippen LogP contribution >= 0.6 is 24.0 Å². The summed E-state index contributed by atoms with van der Waals surface area (Å²) in [6.45, 7) is 5.08. The Balaban J connectivity index is 1.78. The maximum Gasteiger partial charge on any atom is 0.258 e. The third-order valence-electron chi connectivity index (χ3n) is 5.76. The molecule has 0 saturated carbocycles. The molecule has 3 aromatic rings. The molecule has 6 nitrogen and oxygen atoms in total. The van der Waals surface area contributed by atoms with Crippen LogP contribution in [0.4, 0.5) is 0 Å². The summed E-state index contributed by atoms with van der Waals surface area (Å²) in [5.74, 6) is 1.84. The van der Waals surface area contributed by atoms with Gasteiger partial charge in [-0.05, 0) is 73.8 Å². The summed E-state index contributed by atoms with van der Waals surface area (Å²) in [4.78, 5) is 8.10. The maximum atomic E-state index is 5.82. The normalized spacial score (nSPS) is 16.2. The lowest BCUT2D eigenvalue weighted by molar-refractivity contribution is 0.395. The van der Waals surface area contributed by atoms with Gasteiger partial charge in [-0.15, -0.1) is 11.8 Å². The average molecular weight is 481 g/mol. The molecule has 0 amide bonds. The second-order valence-corrected chi connectivity index (χ2v) is 9.08. The van der Waals surface area contributed by atoms with E-state index in [4.69, 9.17) is 26.5 Å². The van der Waals surface area contributed by atoms with E-state index in [1.54, 1.807) is 18.9 Å². The van der Waals surface area contributed by atoms with E-state index in [1.807, 2.05) is 30.3 Å². The molecular formula is C25H28N4O2S2. The lowest BCUT2D eigenvalue weighted by Crippen LogP contribution is -2.46. The summed E-state index contributed by atoms with van der Waals surface area (Å²) in [5.41, 5.74) is 3.88. The van der Waals surface area contributed by atoms with E-state index >= 15 is 0 Å². The van der Waals surface area contributed by atoms with Crippen LogP contribution in [0.1, 0.15) is 44.2 Å². The molecule has 1 unspecified atom stereocenters. The van der Waals surface area contributed by atoms with Crippen molar-refractivity contribution in [3.63, 3.8) is 0 Å². The molecule has 1 aliphatic heterocycles. The van der Waals surface area contributed by atoms with Gasteiger partial charge in [0.2, 0.25) is 5.82 Å². The zero-order chi connectivity index (χ0) is 23.4. The van der Waals surface area contributed by atoms with E-state index in [0.29, 0.717) is 16.8 Å². The zero-order valence-electron chi connectivity index (χ0n) is 19.3. The van der Waals surface area contributed by atoms with Crippen molar-refractivity contribution in [3.05, 3.63) is 65.7 Å². The first-order valence-corrected chi connectivity index (χ1v) is 12.6. The molecule has 1 aliphatic rings. The van der Waals surface area contributed by atoms with Crippen molar-refractivity contribution in [1.29, 1.82) is 0 Å². The highest BCUT2D eigenvalue weighted by molar-refractivity contribution is 7.98.